The molecule has 2 amide bonds. The van der Waals surface area contributed by atoms with E-state index in [0.717, 1.165) is 41.9 Å². The first-order valence-corrected chi connectivity index (χ1v) is 8.40. The molecule has 2 aromatic carbocycles. The lowest BCUT2D eigenvalue weighted by Crippen LogP contribution is -2.32. The smallest absolute Gasteiger partial charge is 0.231 e. The van der Waals surface area contributed by atoms with E-state index in [2.05, 4.69) is 12.1 Å². The summed E-state index contributed by atoms with van der Waals surface area (Å²) < 4.78 is 0. The third-order valence-corrected chi connectivity index (χ3v) is 5.03. The Morgan fingerprint density at radius 1 is 1.00 bits per heavy atom. The lowest BCUT2D eigenvalue weighted by Gasteiger charge is -2.26. The highest BCUT2D eigenvalue weighted by atomic mass is 16.2. The number of aryl methyl sites for hydroxylation is 1. The maximum Gasteiger partial charge on any atom is 0.231 e. The number of para-hydroxylation sites is 1. The van der Waals surface area contributed by atoms with Crippen LogP contribution in [-0.2, 0) is 28.9 Å². The molecule has 0 radical (unpaired) electrons. The van der Waals surface area contributed by atoms with Crippen LogP contribution in [0.1, 0.15) is 23.1 Å². The molecule has 0 saturated carbocycles. The van der Waals surface area contributed by atoms with Crippen LogP contribution in [-0.4, -0.2) is 25.4 Å². The van der Waals surface area contributed by atoms with Gasteiger partial charge in [-0.15, -0.1) is 0 Å². The van der Waals surface area contributed by atoms with Gasteiger partial charge >= 0.3 is 0 Å². The number of anilines is 2. The number of nitrogens with zero attached hydrogens (tertiary/aromatic N) is 2. The van der Waals surface area contributed by atoms with Crippen molar-refractivity contribution in [1.29, 1.82) is 0 Å². The zero-order valence-corrected chi connectivity index (χ0v) is 13.8. The summed E-state index contributed by atoms with van der Waals surface area (Å²) >= 11 is 0. The molecule has 0 N–H and O–H groups in total. The molecule has 2 heterocycles. The fourth-order valence-corrected chi connectivity index (χ4v) is 3.69. The van der Waals surface area contributed by atoms with E-state index in [1.807, 2.05) is 42.3 Å². The minimum absolute atomic E-state index is 0.139. The van der Waals surface area contributed by atoms with Crippen molar-refractivity contribution in [2.45, 2.75) is 25.7 Å². The number of carbonyl (C=O) groups is 2. The Bertz CT molecular complexity index is 828. The molecule has 0 unspecified atom stereocenters. The van der Waals surface area contributed by atoms with Crippen molar-refractivity contribution in [3.63, 3.8) is 0 Å². The summed E-state index contributed by atoms with van der Waals surface area (Å²) in [4.78, 5) is 28.1. The van der Waals surface area contributed by atoms with Gasteiger partial charge in [-0.1, -0.05) is 30.3 Å². The molecule has 0 fully saturated rings. The number of hydrogen-bond acceptors (Lipinski definition) is 2. The van der Waals surface area contributed by atoms with Crippen LogP contribution in [0.3, 0.4) is 0 Å². The maximum absolute atomic E-state index is 12.7. The van der Waals surface area contributed by atoms with E-state index in [1.165, 1.54) is 5.56 Å². The Morgan fingerprint density at radius 2 is 1.83 bits per heavy atom. The van der Waals surface area contributed by atoms with Gasteiger partial charge in [-0.3, -0.25) is 9.59 Å². The lowest BCUT2D eigenvalue weighted by atomic mass is 9.98. The van der Waals surface area contributed by atoms with Gasteiger partial charge in [0.1, 0.15) is 0 Å². The fourth-order valence-electron chi connectivity index (χ4n) is 3.69. The maximum atomic E-state index is 12.7. The molecule has 4 heteroatoms. The molecule has 0 bridgehead atoms. The van der Waals surface area contributed by atoms with Gasteiger partial charge in [0.25, 0.3) is 0 Å². The van der Waals surface area contributed by atoms with Gasteiger partial charge in [-0.25, -0.2) is 0 Å². The molecule has 24 heavy (non-hydrogen) atoms. The summed E-state index contributed by atoms with van der Waals surface area (Å²) in [6, 6.07) is 14.1. The van der Waals surface area contributed by atoms with Gasteiger partial charge in [-0.2, -0.15) is 0 Å². The van der Waals surface area contributed by atoms with Crippen LogP contribution < -0.4 is 9.80 Å². The first kappa shape index (κ1) is 14.9. The van der Waals surface area contributed by atoms with Gasteiger partial charge < -0.3 is 9.80 Å². The van der Waals surface area contributed by atoms with Crippen LogP contribution in [0, 0.1) is 0 Å². The van der Waals surface area contributed by atoms with E-state index >= 15 is 0 Å². The molecule has 0 atom stereocenters. The van der Waals surface area contributed by atoms with Crippen molar-refractivity contribution in [2.24, 2.45) is 0 Å². The van der Waals surface area contributed by atoms with Crippen molar-refractivity contribution in [3.8, 4) is 0 Å². The minimum atomic E-state index is 0.139. The van der Waals surface area contributed by atoms with E-state index < -0.39 is 0 Å². The second-order valence-electron chi connectivity index (χ2n) is 6.52. The molecule has 2 aliphatic heterocycles. The Morgan fingerprint density at radius 3 is 2.71 bits per heavy atom. The summed E-state index contributed by atoms with van der Waals surface area (Å²) in [6.07, 6.45) is 2.63. The van der Waals surface area contributed by atoms with Gasteiger partial charge in [0.2, 0.25) is 11.8 Å². The third kappa shape index (κ3) is 2.48. The monoisotopic (exact) mass is 320 g/mol. The molecule has 2 aromatic rings. The van der Waals surface area contributed by atoms with Gasteiger partial charge in [-0.05, 0) is 41.7 Å². The number of fused-ring (bicyclic) bond motifs is 2. The van der Waals surface area contributed by atoms with Crippen molar-refractivity contribution >= 4 is 23.2 Å². The van der Waals surface area contributed by atoms with Crippen LogP contribution in [0.2, 0.25) is 0 Å². The quantitative estimate of drug-likeness (QED) is 0.854. The number of amides is 2. The number of rotatable bonds is 2. The van der Waals surface area contributed by atoms with E-state index in [0.29, 0.717) is 12.8 Å². The molecule has 0 aliphatic carbocycles. The fraction of sp³-hybridized carbons (Fsp3) is 0.300. The topological polar surface area (TPSA) is 40.6 Å². The average molecular weight is 320 g/mol. The lowest BCUT2D eigenvalue weighted by molar-refractivity contribution is -0.119. The second-order valence-corrected chi connectivity index (χ2v) is 6.52. The predicted octanol–water partition coefficient (Wildman–Crippen LogP) is 2.73. The van der Waals surface area contributed by atoms with Crippen LogP contribution in [0.15, 0.2) is 42.5 Å². The minimum Gasteiger partial charge on any atom is -0.315 e. The highest BCUT2D eigenvalue weighted by molar-refractivity contribution is 5.98. The van der Waals surface area contributed by atoms with E-state index in [4.69, 9.17) is 0 Å². The van der Waals surface area contributed by atoms with Gasteiger partial charge in [0.05, 0.1) is 6.42 Å². The van der Waals surface area contributed by atoms with Crippen LogP contribution in [0.25, 0.3) is 0 Å². The molecule has 2 aliphatic rings. The summed E-state index contributed by atoms with van der Waals surface area (Å²) in [5, 5.41) is 0. The van der Waals surface area contributed by atoms with E-state index in [1.54, 1.807) is 4.90 Å². The third-order valence-electron chi connectivity index (χ3n) is 5.03. The molecule has 122 valence electrons. The molecule has 0 saturated heterocycles. The normalized spacial score (nSPS) is 16.1. The molecule has 4 rings (SSSR count). The highest BCUT2D eigenvalue weighted by Crippen LogP contribution is 2.30. The molecule has 0 spiro atoms. The van der Waals surface area contributed by atoms with Crippen LogP contribution in [0.4, 0.5) is 11.4 Å². The highest BCUT2D eigenvalue weighted by Gasteiger charge is 2.25. The van der Waals surface area contributed by atoms with E-state index in [-0.39, 0.29) is 11.8 Å². The predicted molar refractivity (Wildman–Crippen MR) is 94.4 cm³/mol. The zero-order valence-electron chi connectivity index (χ0n) is 13.8. The Hall–Kier alpha value is -2.62. The Balaban J connectivity index is 1.54. The Labute approximate surface area is 141 Å². The van der Waals surface area contributed by atoms with Crippen molar-refractivity contribution in [3.05, 3.63) is 59.2 Å². The van der Waals surface area contributed by atoms with Gasteiger partial charge in [0, 0.05) is 31.4 Å². The van der Waals surface area contributed by atoms with Gasteiger partial charge in [0.15, 0.2) is 0 Å². The number of hydrogen-bond donors (Lipinski definition) is 0. The SMILES string of the molecule is CN1C(=O)CCc2cc(CC(=O)N3CCc4ccccc43)ccc21. The molecular formula is C20H20N2O2. The summed E-state index contributed by atoms with van der Waals surface area (Å²) in [5.41, 5.74) is 5.44. The molecule has 4 nitrogen and oxygen atoms in total. The first-order chi connectivity index (χ1) is 11.6. The summed E-state index contributed by atoms with van der Waals surface area (Å²) in [5.74, 6) is 0.292. The van der Waals surface area contributed by atoms with Crippen molar-refractivity contribution in [1.82, 2.24) is 0 Å². The number of carbonyl (C=O) groups excluding carboxylic acids is 2. The van der Waals surface area contributed by atoms with Crippen LogP contribution >= 0.6 is 0 Å². The standard InChI is InChI=1S/C20H20N2O2/c1-21-17-8-6-14(12-16(17)7-9-19(21)23)13-20(24)22-11-10-15-4-2-3-5-18(15)22/h2-6,8,12H,7,9-11,13H2,1H3. The summed E-state index contributed by atoms with van der Waals surface area (Å²) in [7, 11) is 1.81. The molecular weight excluding hydrogens is 300 g/mol. The molecule has 0 aromatic heterocycles. The average Bonchev–Trinajstić information content (AvgIpc) is 3.02. The Kier molecular flexibility index (Phi) is 3.60. The summed E-state index contributed by atoms with van der Waals surface area (Å²) in [6.45, 7) is 0.764. The number of benzene rings is 2. The zero-order chi connectivity index (χ0) is 16.7. The van der Waals surface area contributed by atoms with Crippen LogP contribution in [0.5, 0.6) is 0 Å². The van der Waals surface area contributed by atoms with Crippen molar-refractivity contribution < 1.29 is 9.59 Å². The van der Waals surface area contributed by atoms with Crippen molar-refractivity contribution in [2.75, 3.05) is 23.4 Å². The first-order valence-electron chi connectivity index (χ1n) is 8.40. The largest absolute Gasteiger partial charge is 0.315 e. The van der Waals surface area contributed by atoms with E-state index in [9.17, 15) is 9.59 Å². The second kappa shape index (κ2) is 5.78.